The van der Waals surface area contributed by atoms with Crippen molar-refractivity contribution in [2.24, 2.45) is 0 Å². The molecule has 1 heterocycles. The molecule has 27 heavy (non-hydrogen) atoms. The summed E-state index contributed by atoms with van der Waals surface area (Å²) < 4.78 is 43.9. The summed E-state index contributed by atoms with van der Waals surface area (Å²) in [5.41, 5.74) is -0.0510. The summed E-state index contributed by atoms with van der Waals surface area (Å²) >= 11 is 5.20. The SMILES string of the molecule is COC(=O)c1ccc2c(=O)n(Cc3ccc(C(F)(F)F)cc3)c(=S)[nH]c2c1. The van der Waals surface area contributed by atoms with Crippen LogP contribution in [0.1, 0.15) is 21.5 Å². The Balaban J connectivity index is 2.01. The van der Waals surface area contributed by atoms with Gasteiger partial charge in [-0.3, -0.25) is 9.36 Å². The van der Waals surface area contributed by atoms with E-state index in [1.807, 2.05) is 0 Å². The van der Waals surface area contributed by atoms with Crippen LogP contribution in [0.3, 0.4) is 0 Å². The number of aromatic amines is 1. The first-order valence-corrected chi connectivity index (χ1v) is 8.13. The molecule has 3 aromatic rings. The monoisotopic (exact) mass is 394 g/mol. The maximum absolute atomic E-state index is 12.7. The van der Waals surface area contributed by atoms with Crippen molar-refractivity contribution in [1.29, 1.82) is 0 Å². The van der Waals surface area contributed by atoms with Crippen molar-refractivity contribution in [3.05, 3.63) is 74.3 Å². The van der Waals surface area contributed by atoms with Gasteiger partial charge in [0.25, 0.3) is 5.56 Å². The van der Waals surface area contributed by atoms with Gasteiger partial charge < -0.3 is 9.72 Å². The lowest BCUT2D eigenvalue weighted by Crippen LogP contribution is -2.23. The molecule has 0 bridgehead atoms. The average molecular weight is 394 g/mol. The second-order valence-corrected chi connectivity index (χ2v) is 6.15. The largest absolute Gasteiger partial charge is 0.465 e. The Morgan fingerprint density at radius 2 is 1.85 bits per heavy atom. The Morgan fingerprint density at radius 1 is 1.19 bits per heavy atom. The van der Waals surface area contributed by atoms with E-state index >= 15 is 0 Å². The van der Waals surface area contributed by atoms with E-state index in [9.17, 15) is 22.8 Å². The first kappa shape index (κ1) is 18.8. The van der Waals surface area contributed by atoms with Gasteiger partial charge in [-0.05, 0) is 48.1 Å². The van der Waals surface area contributed by atoms with Crippen molar-refractivity contribution in [3.8, 4) is 0 Å². The third-order valence-corrected chi connectivity index (χ3v) is 4.35. The van der Waals surface area contributed by atoms with Gasteiger partial charge in [0.05, 0.1) is 35.7 Å². The van der Waals surface area contributed by atoms with Gasteiger partial charge in [0.2, 0.25) is 0 Å². The Morgan fingerprint density at radius 3 is 2.44 bits per heavy atom. The van der Waals surface area contributed by atoms with Gasteiger partial charge in [-0.25, -0.2) is 4.79 Å². The Bertz CT molecular complexity index is 1130. The minimum absolute atomic E-state index is 0.0149. The average Bonchev–Trinajstić information content (AvgIpc) is 2.63. The zero-order valence-corrected chi connectivity index (χ0v) is 14.8. The topological polar surface area (TPSA) is 64.1 Å². The number of hydrogen-bond acceptors (Lipinski definition) is 4. The molecule has 0 saturated heterocycles. The van der Waals surface area contributed by atoms with Crippen LogP contribution in [0.5, 0.6) is 0 Å². The number of ether oxygens (including phenoxy) is 1. The van der Waals surface area contributed by atoms with Gasteiger partial charge in [0.1, 0.15) is 0 Å². The molecule has 0 aliphatic rings. The maximum Gasteiger partial charge on any atom is 0.416 e. The third-order valence-electron chi connectivity index (χ3n) is 4.02. The van der Waals surface area contributed by atoms with Crippen LogP contribution in [0, 0.1) is 4.77 Å². The fraction of sp³-hybridized carbons (Fsp3) is 0.167. The summed E-state index contributed by atoms with van der Waals surface area (Å²) in [6.45, 7) is 0.0149. The zero-order chi connectivity index (χ0) is 19.8. The van der Waals surface area contributed by atoms with Crippen LogP contribution >= 0.6 is 12.2 Å². The molecule has 0 amide bonds. The molecule has 0 aliphatic heterocycles. The second-order valence-electron chi connectivity index (χ2n) is 5.77. The number of rotatable bonds is 3. The summed E-state index contributed by atoms with van der Waals surface area (Å²) in [7, 11) is 1.25. The molecule has 5 nitrogen and oxygen atoms in total. The summed E-state index contributed by atoms with van der Waals surface area (Å²) in [5, 5.41) is 0.295. The maximum atomic E-state index is 12.7. The molecule has 1 aromatic heterocycles. The van der Waals surface area contributed by atoms with Crippen molar-refractivity contribution in [2.45, 2.75) is 12.7 Å². The number of hydrogen-bond donors (Lipinski definition) is 1. The molecule has 0 aliphatic carbocycles. The van der Waals surface area contributed by atoms with Crippen molar-refractivity contribution in [2.75, 3.05) is 7.11 Å². The Kier molecular flexibility index (Phi) is 4.88. The summed E-state index contributed by atoms with van der Waals surface area (Å²) in [6.07, 6.45) is -4.42. The summed E-state index contributed by atoms with van der Waals surface area (Å²) in [6, 6.07) is 8.89. The van der Waals surface area contributed by atoms with Crippen LogP contribution in [0.4, 0.5) is 13.2 Å². The lowest BCUT2D eigenvalue weighted by Gasteiger charge is -2.10. The molecule has 0 spiro atoms. The van der Waals surface area contributed by atoms with Gasteiger partial charge in [-0.2, -0.15) is 13.2 Å². The number of esters is 1. The van der Waals surface area contributed by atoms with E-state index in [-0.39, 0.29) is 16.9 Å². The van der Waals surface area contributed by atoms with Gasteiger partial charge in [-0.1, -0.05) is 12.1 Å². The van der Waals surface area contributed by atoms with Crippen LogP contribution in [-0.4, -0.2) is 22.6 Å². The zero-order valence-electron chi connectivity index (χ0n) is 14.0. The van der Waals surface area contributed by atoms with Crippen molar-refractivity contribution >= 4 is 29.1 Å². The van der Waals surface area contributed by atoms with Crippen LogP contribution in [0.25, 0.3) is 10.9 Å². The first-order valence-electron chi connectivity index (χ1n) is 7.72. The summed E-state index contributed by atoms with van der Waals surface area (Å²) in [5.74, 6) is -0.551. The summed E-state index contributed by atoms with van der Waals surface area (Å²) in [4.78, 5) is 27.2. The van der Waals surface area contributed by atoms with Crippen LogP contribution in [-0.2, 0) is 17.5 Å². The molecule has 0 fully saturated rings. The number of methoxy groups -OCH3 is 1. The lowest BCUT2D eigenvalue weighted by molar-refractivity contribution is -0.137. The smallest absolute Gasteiger partial charge is 0.416 e. The third kappa shape index (κ3) is 3.77. The number of halogens is 3. The molecular weight excluding hydrogens is 381 g/mol. The Hall–Kier alpha value is -2.94. The standard InChI is InChI=1S/C18H13F3N2O3S/c1-26-16(25)11-4-7-13-14(8-11)22-17(27)23(15(13)24)9-10-2-5-12(6-3-10)18(19,20)21/h2-8H,9H2,1H3,(H,22,27). The van der Waals surface area contributed by atoms with Crippen molar-refractivity contribution in [1.82, 2.24) is 9.55 Å². The lowest BCUT2D eigenvalue weighted by atomic mass is 10.1. The highest BCUT2D eigenvalue weighted by Crippen LogP contribution is 2.29. The molecule has 0 saturated carbocycles. The minimum atomic E-state index is -4.42. The Labute approximate surface area is 156 Å². The first-order chi connectivity index (χ1) is 12.7. The van der Waals surface area contributed by atoms with Gasteiger partial charge in [-0.15, -0.1) is 0 Å². The van der Waals surface area contributed by atoms with Crippen LogP contribution < -0.4 is 5.56 Å². The number of carbonyl (C=O) groups excluding carboxylic acids is 1. The van der Waals surface area contributed by atoms with Crippen LogP contribution in [0.15, 0.2) is 47.3 Å². The van der Waals surface area contributed by atoms with Gasteiger partial charge in [0, 0.05) is 0 Å². The highest BCUT2D eigenvalue weighted by Gasteiger charge is 2.29. The van der Waals surface area contributed by atoms with Crippen molar-refractivity contribution in [3.63, 3.8) is 0 Å². The predicted octanol–water partition coefficient (Wildman–Crippen LogP) is 3.91. The predicted molar refractivity (Wildman–Crippen MR) is 95.3 cm³/mol. The molecule has 9 heteroatoms. The normalized spacial score (nSPS) is 11.6. The van der Waals surface area contributed by atoms with Gasteiger partial charge in [0.15, 0.2) is 4.77 Å². The number of alkyl halides is 3. The van der Waals surface area contributed by atoms with E-state index in [0.717, 1.165) is 12.1 Å². The van der Waals surface area contributed by atoms with E-state index in [4.69, 9.17) is 12.2 Å². The fourth-order valence-electron chi connectivity index (χ4n) is 2.62. The second kappa shape index (κ2) is 6.99. The number of fused-ring (bicyclic) bond motifs is 1. The van der Waals surface area contributed by atoms with E-state index in [1.54, 1.807) is 0 Å². The number of benzene rings is 2. The van der Waals surface area contributed by atoms with E-state index < -0.39 is 23.3 Å². The minimum Gasteiger partial charge on any atom is -0.465 e. The molecule has 0 atom stereocenters. The number of nitrogens with one attached hydrogen (secondary N) is 1. The number of aromatic nitrogens is 2. The number of nitrogens with zero attached hydrogens (tertiary/aromatic N) is 1. The highest BCUT2D eigenvalue weighted by molar-refractivity contribution is 7.71. The molecule has 0 unspecified atom stereocenters. The highest BCUT2D eigenvalue weighted by atomic mass is 32.1. The van der Waals surface area contributed by atoms with E-state index in [0.29, 0.717) is 16.5 Å². The van der Waals surface area contributed by atoms with Gasteiger partial charge >= 0.3 is 12.1 Å². The van der Waals surface area contributed by atoms with Crippen LogP contribution in [0.2, 0.25) is 0 Å². The fourth-order valence-corrected chi connectivity index (χ4v) is 2.88. The molecule has 3 rings (SSSR count). The van der Waals surface area contributed by atoms with Crippen molar-refractivity contribution < 1.29 is 22.7 Å². The van der Waals surface area contributed by atoms with E-state index in [2.05, 4.69) is 9.72 Å². The van der Waals surface area contributed by atoms with E-state index in [1.165, 1.54) is 42.0 Å². The molecular formula is C18H13F3N2O3S. The number of carbonyl (C=O) groups is 1. The number of H-pyrrole nitrogens is 1. The molecule has 0 radical (unpaired) electrons. The quantitative estimate of drug-likeness (QED) is 0.540. The molecule has 140 valence electrons. The molecule has 2 aromatic carbocycles. The molecule has 1 N–H and O–H groups in total.